The van der Waals surface area contributed by atoms with E-state index in [9.17, 15) is 9.59 Å². The van der Waals surface area contributed by atoms with E-state index in [1.807, 2.05) is 25.1 Å². The van der Waals surface area contributed by atoms with Crippen molar-refractivity contribution >= 4 is 17.5 Å². The maximum absolute atomic E-state index is 12.0. The summed E-state index contributed by atoms with van der Waals surface area (Å²) < 4.78 is 5.56. The fourth-order valence-corrected chi connectivity index (χ4v) is 2.58. The van der Waals surface area contributed by atoms with Gasteiger partial charge >= 0.3 is 0 Å². The van der Waals surface area contributed by atoms with Gasteiger partial charge in [0.2, 0.25) is 0 Å². The standard InChI is InChI=1S/C20H24N2O3/c1-13(2)18-10-9-17(11-14(18)3)25-12-19(23)22-16-7-5-15(6-8-16)20(24)21-4/h5-11,13H,12H2,1-4H3,(H,21,24)(H,22,23). The fraction of sp³-hybridized carbons (Fsp3) is 0.300. The third-order valence-electron chi connectivity index (χ3n) is 3.89. The molecule has 2 amide bonds. The van der Waals surface area contributed by atoms with Gasteiger partial charge in [-0.2, -0.15) is 0 Å². The Bertz CT molecular complexity index is 752. The summed E-state index contributed by atoms with van der Waals surface area (Å²) >= 11 is 0. The van der Waals surface area contributed by atoms with Crippen LogP contribution in [0.25, 0.3) is 0 Å². The average Bonchev–Trinajstić information content (AvgIpc) is 2.59. The van der Waals surface area contributed by atoms with Gasteiger partial charge < -0.3 is 15.4 Å². The van der Waals surface area contributed by atoms with Crippen molar-refractivity contribution in [3.8, 4) is 5.75 Å². The van der Waals surface area contributed by atoms with E-state index < -0.39 is 0 Å². The zero-order valence-electron chi connectivity index (χ0n) is 15.1. The molecular formula is C20H24N2O3. The number of hydrogen-bond donors (Lipinski definition) is 2. The van der Waals surface area contributed by atoms with Crippen LogP contribution < -0.4 is 15.4 Å². The Morgan fingerprint density at radius 3 is 2.32 bits per heavy atom. The lowest BCUT2D eigenvalue weighted by atomic mass is 9.98. The van der Waals surface area contributed by atoms with Crippen LogP contribution in [-0.4, -0.2) is 25.5 Å². The summed E-state index contributed by atoms with van der Waals surface area (Å²) in [5.74, 6) is 0.710. The van der Waals surface area contributed by atoms with E-state index in [0.29, 0.717) is 22.9 Å². The lowest BCUT2D eigenvalue weighted by Gasteiger charge is -2.12. The highest BCUT2D eigenvalue weighted by atomic mass is 16.5. The lowest BCUT2D eigenvalue weighted by Crippen LogP contribution is -2.20. The van der Waals surface area contributed by atoms with Crippen LogP contribution in [0.4, 0.5) is 5.69 Å². The van der Waals surface area contributed by atoms with Crippen molar-refractivity contribution < 1.29 is 14.3 Å². The first-order valence-corrected chi connectivity index (χ1v) is 8.26. The normalized spacial score (nSPS) is 10.4. The molecule has 0 spiro atoms. The molecular weight excluding hydrogens is 316 g/mol. The first-order valence-electron chi connectivity index (χ1n) is 8.26. The van der Waals surface area contributed by atoms with Gasteiger partial charge in [-0.3, -0.25) is 9.59 Å². The Kier molecular flexibility index (Phi) is 6.17. The SMILES string of the molecule is CNC(=O)c1ccc(NC(=O)COc2ccc(C(C)C)c(C)c2)cc1. The Morgan fingerprint density at radius 2 is 1.76 bits per heavy atom. The zero-order valence-corrected chi connectivity index (χ0v) is 15.1. The molecule has 0 heterocycles. The van der Waals surface area contributed by atoms with Gasteiger partial charge in [0.1, 0.15) is 5.75 Å². The maximum Gasteiger partial charge on any atom is 0.262 e. The smallest absolute Gasteiger partial charge is 0.262 e. The van der Waals surface area contributed by atoms with Crippen LogP contribution in [0.5, 0.6) is 5.75 Å². The first kappa shape index (κ1) is 18.5. The molecule has 0 saturated heterocycles. The van der Waals surface area contributed by atoms with Crippen LogP contribution in [0.3, 0.4) is 0 Å². The molecule has 0 bridgehead atoms. The van der Waals surface area contributed by atoms with E-state index in [2.05, 4.69) is 24.5 Å². The summed E-state index contributed by atoms with van der Waals surface area (Å²) in [6.07, 6.45) is 0. The van der Waals surface area contributed by atoms with Gasteiger partial charge in [-0.1, -0.05) is 19.9 Å². The molecule has 132 valence electrons. The molecule has 2 rings (SSSR count). The van der Waals surface area contributed by atoms with Gasteiger partial charge in [-0.05, 0) is 60.4 Å². The Balaban J connectivity index is 1.90. The van der Waals surface area contributed by atoms with E-state index in [4.69, 9.17) is 4.74 Å². The van der Waals surface area contributed by atoms with Gasteiger partial charge in [0.05, 0.1) is 0 Å². The van der Waals surface area contributed by atoms with Crippen molar-refractivity contribution in [3.63, 3.8) is 0 Å². The Morgan fingerprint density at radius 1 is 1.08 bits per heavy atom. The number of benzene rings is 2. The predicted octanol–water partition coefficient (Wildman–Crippen LogP) is 3.50. The van der Waals surface area contributed by atoms with E-state index in [-0.39, 0.29) is 18.4 Å². The molecule has 0 aliphatic heterocycles. The molecule has 0 aromatic heterocycles. The number of carbonyl (C=O) groups is 2. The van der Waals surface area contributed by atoms with E-state index in [1.54, 1.807) is 31.3 Å². The molecule has 0 saturated carbocycles. The minimum atomic E-state index is -0.252. The molecule has 0 fully saturated rings. The molecule has 0 atom stereocenters. The molecule has 2 aromatic carbocycles. The number of rotatable bonds is 6. The summed E-state index contributed by atoms with van der Waals surface area (Å²) in [5, 5.41) is 5.29. The minimum absolute atomic E-state index is 0.0718. The van der Waals surface area contributed by atoms with Crippen LogP contribution in [0.15, 0.2) is 42.5 Å². The second-order valence-corrected chi connectivity index (χ2v) is 6.17. The number of ether oxygens (including phenoxy) is 1. The number of carbonyl (C=O) groups excluding carboxylic acids is 2. The third-order valence-corrected chi connectivity index (χ3v) is 3.89. The van der Waals surface area contributed by atoms with Crippen LogP contribution in [0.2, 0.25) is 0 Å². The zero-order chi connectivity index (χ0) is 18.4. The summed E-state index contributed by atoms with van der Waals surface area (Å²) in [6.45, 7) is 6.26. The van der Waals surface area contributed by atoms with Crippen molar-refractivity contribution in [2.75, 3.05) is 19.0 Å². The topological polar surface area (TPSA) is 67.4 Å². The number of hydrogen-bond acceptors (Lipinski definition) is 3. The Hall–Kier alpha value is -2.82. The van der Waals surface area contributed by atoms with E-state index >= 15 is 0 Å². The summed E-state index contributed by atoms with van der Waals surface area (Å²) in [5.41, 5.74) is 3.58. The van der Waals surface area contributed by atoms with Crippen LogP contribution in [-0.2, 0) is 4.79 Å². The van der Waals surface area contributed by atoms with Crippen LogP contribution in [0.1, 0.15) is 41.3 Å². The van der Waals surface area contributed by atoms with Crippen molar-refractivity contribution in [2.24, 2.45) is 0 Å². The largest absolute Gasteiger partial charge is 0.484 e. The Labute approximate surface area is 148 Å². The van der Waals surface area contributed by atoms with E-state index in [0.717, 1.165) is 5.56 Å². The number of aryl methyl sites for hydroxylation is 1. The number of nitrogens with one attached hydrogen (secondary N) is 2. The van der Waals surface area contributed by atoms with Crippen molar-refractivity contribution in [1.29, 1.82) is 0 Å². The molecule has 2 N–H and O–H groups in total. The molecule has 5 nitrogen and oxygen atoms in total. The highest BCUT2D eigenvalue weighted by Crippen LogP contribution is 2.23. The summed E-state index contributed by atoms with van der Waals surface area (Å²) in [4.78, 5) is 23.5. The molecule has 0 radical (unpaired) electrons. The first-order chi connectivity index (χ1) is 11.9. The second kappa shape index (κ2) is 8.33. The third kappa shape index (κ3) is 5.08. The minimum Gasteiger partial charge on any atom is -0.484 e. The van der Waals surface area contributed by atoms with Gasteiger partial charge in [0, 0.05) is 18.3 Å². The van der Waals surface area contributed by atoms with Crippen molar-refractivity contribution in [2.45, 2.75) is 26.7 Å². The maximum atomic E-state index is 12.0. The van der Waals surface area contributed by atoms with Crippen LogP contribution in [0, 0.1) is 6.92 Å². The van der Waals surface area contributed by atoms with E-state index in [1.165, 1.54) is 5.56 Å². The molecule has 25 heavy (non-hydrogen) atoms. The number of anilines is 1. The molecule has 0 aliphatic carbocycles. The van der Waals surface area contributed by atoms with Crippen LogP contribution >= 0.6 is 0 Å². The molecule has 0 unspecified atom stereocenters. The van der Waals surface area contributed by atoms with Crippen molar-refractivity contribution in [1.82, 2.24) is 5.32 Å². The number of amides is 2. The molecule has 0 aliphatic rings. The van der Waals surface area contributed by atoms with Crippen molar-refractivity contribution in [3.05, 3.63) is 59.2 Å². The average molecular weight is 340 g/mol. The van der Waals surface area contributed by atoms with Gasteiger partial charge in [0.25, 0.3) is 11.8 Å². The molecule has 5 heteroatoms. The summed E-state index contributed by atoms with van der Waals surface area (Å²) in [7, 11) is 1.57. The monoisotopic (exact) mass is 340 g/mol. The van der Waals surface area contributed by atoms with Gasteiger partial charge in [-0.25, -0.2) is 0 Å². The van der Waals surface area contributed by atoms with Gasteiger partial charge in [-0.15, -0.1) is 0 Å². The highest BCUT2D eigenvalue weighted by molar-refractivity contribution is 5.95. The summed E-state index contributed by atoms with van der Waals surface area (Å²) in [6, 6.07) is 12.5. The lowest BCUT2D eigenvalue weighted by molar-refractivity contribution is -0.118. The quantitative estimate of drug-likeness (QED) is 0.846. The van der Waals surface area contributed by atoms with Gasteiger partial charge in [0.15, 0.2) is 6.61 Å². The molecule has 2 aromatic rings. The fourth-order valence-electron chi connectivity index (χ4n) is 2.58. The second-order valence-electron chi connectivity index (χ2n) is 6.17. The highest BCUT2D eigenvalue weighted by Gasteiger charge is 2.08. The predicted molar refractivity (Wildman–Crippen MR) is 99.2 cm³/mol.